The van der Waals surface area contributed by atoms with Crippen molar-refractivity contribution in [1.29, 1.82) is 0 Å². The van der Waals surface area contributed by atoms with Crippen LogP contribution >= 0.6 is 11.3 Å². The van der Waals surface area contributed by atoms with E-state index >= 15 is 0 Å². The van der Waals surface area contributed by atoms with Gasteiger partial charge >= 0.3 is 6.09 Å². The van der Waals surface area contributed by atoms with Crippen LogP contribution in [0.4, 0.5) is 4.79 Å². The molecule has 1 atom stereocenters. The number of nitrogens with zero attached hydrogens (tertiary/aromatic N) is 1. The fourth-order valence-corrected chi connectivity index (χ4v) is 2.01. The molecule has 0 aliphatic carbocycles. The lowest BCUT2D eigenvalue weighted by Crippen LogP contribution is -2.29. The first-order valence-corrected chi connectivity index (χ1v) is 6.12. The average molecular weight is 243 g/mol. The molecule has 16 heavy (non-hydrogen) atoms. The van der Waals surface area contributed by atoms with Crippen LogP contribution in [0.3, 0.4) is 0 Å². The highest BCUT2D eigenvalue weighted by atomic mass is 32.1. The Morgan fingerprint density at radius 2 is 2.44 bits per heavy atom. The highest BCUT2D eigenvalue weighted by Crippen LogP contribution is 2.21. The molecule has 1 rings (SSSR count). The second kappa shape index (κ2) is 6.50. The van der Waals surface area contributed by atoms with E-state index in [2.05, 4.69) is 0 Å². The summed E-state index contributed by atoms with van der Waals surface area (Å²) < 4.78 is 4.83. The van der Waals surface area contributed by atoms with E-state index in [0.717, 1.165) is 4.88 Å². The van der Waals surface area contributed by atoms with Crippen molar-refractivity contribution in [3.05, 3.63) is 22.4 Å². The third-order valence-electron chi connectivity index (χ3n) is 2.19. The van der Waals surface area contributed by atoms with Crippen LogP contribution in [-0.2, 0) is 4.74 Å². The minimum atomic E-state index is -0.503. The predicted octanol–water partition coefficient (Wildman–Crippen LogP) is 2.26. The topological polar surface area (TPSA) is 49.8 Å². The SMILES string of the molecule is CCOC(=O)N(C)CC[C@H](O)c1cccs1. The summed E-state index contributed by atoms with van der Waals surface area (Å²) in [5.74, 6) is 0. The molecule has 90 valence electrons. The zero-order chi connectivity index (χ0) is 12.0. The van der Waals surface area contributed by atoms with E-state index in [1.165, 1.54) is 16.2 Å². The van der Waals surface area contributed by atoms with E-state index in [1.807, 2.05) is 17.5 Å². The quantitative estimate of drug-likeness (QED) is 0.863. The maximum Gasteiger partial charge on any atom is 0.409 e. The fraction of sp³-hybridized carbons (Fsp3) is 0.545. The lowest BCUT2D eigenvalue weighted by molar-refractivity contribution is 0.105. The van der Waals surface area contributed by atoms with Crippen molar-refractivity contribution < 1.29 is 14.6 Å². The highest BCUT2D eigenvalue weighted by Gasteiger charge is 2.13. The van der Waals surface area contributed by atoms with Gasteiger partial charge in [0.1, 0.15) is 0 Å². The Balaban J connectivity index is 2.31. The van der Waals surface area contributed by atoms with Crippen LogP contribution in [-0.4, -0.2) is 36.3 Å². The summed E-state index contributed by atoms with van der Waals surface area (Å²) >= 11 is 1.52. The third kappa shape index (κ3) is 3.83. The van der Waals surface area contributed by atoms with Crippen molar-refractivity contribution in [2.24, 2.45) is 0 Å². The maximum absolute atomic E-state index is 11.3. The molecular weight excluding hydrogens is 226 g/mol. The van der Waals surface area contributed by atoms with Gasteiger partial charge in [-0.1, -0.05) is 6.07 Å². The number of aliphatic hydroxyl groups is 1. The number of rotatable bonds is 5. The van der Waals surface area contributed by atoms with Crippen molar-refractivity contribution in [2.75, 3.05) is 20.2 Å². The number of carbonyl (C=O) groups excluding carboxylic acids is 1. The van der Waals surface area contributed by atoms with Gasteiger partial charge in [-0.3, -0.25) is 0 Å². The van der Waals surface area contributed by atoms with E-state index < -0.39 is 6.10 Å². The van der Waals surface area contributed by atoms with E-state index in [1.54, 1.807) is 14.0 Å². The molecule has 1 amide bonds. The summed E-state index contributed by atoms with van der Waals surface area (Å²) in [7, 11) is 1.67. The summed E-state index contributed by atoms with van der Waals surface area (Å²) in [4.78, 5) is 13.7. The Bertz CT molecular complexity index is 313. The van der Waals surface area contributed by atoms with Gasteiger partial charge in [-0.2, -0.15) is 0 Å². The average Bonchev–Trinajstić information content (AvgIpc) is 2.79. The summed E-state index contributed by atoms with van der Waals surface area (Å²) in [6, 6.07) is 3.79. The maximum atomic E-state index is 11.3. The summed E-state index contributed by atoms with van der Waals surface area (Å²) in [6.07, 6.45) is -0.326. The van der Waals surface area contributed by atoms with E-state index in [9.17, 15) is 9.90 Å². The predicted molar refractivity (Wildman–Crippen MR) is 63.5 cm³/mol. The van der Waals surface area contributed by atoms with Crippen LogP contribution < -0.4 is 0 Å². The van der Waals surface area contributed by atoms with Crippen LogP contribution in [0, 0.1) is 0 Å². The monoisotopic (exact) mass is 243 g/mol. The van der Waals surface area contributed by atoms with E-state index in [4.69, 9.17) is 4.74 Å². The number of thiophene rings is 1. The largest absolute Gasteiger partial charge is 0.450 e. The number of ether oxygens (including phenoxy) is 1. The van der Waals surface area contributed by atoms with Crippen LogP contribution in [0.1, 0.15) is 24.3 Å². The van der Waals surface area contributed by atoms with Crippen LogP contribution in [0.5, 0.6) is 0 Å². The molecule has 0 unspecified atom stereocenters. The fourth-order valence-electron chi connectivity index (χ4n) is 1.26. The Kier molecular flexibility index (Phi) is 5.28. The Hall–Kier alpha value is -1.07. The lowest BCUT2D eigenvalue weighted by Gasteiger charge is -2.17. The summed E-state index contributed by atoms with van der Waals surface area (Å²) in [5.41, 5.74) is 0. The zero-order valence-corrected chi connectivity index (χ0v) is 10.4. The molecule has 0 saturated carbocycles. The minimum absolute atomic E-state index is 0.346. The van der Waals surface area contributed by atoms with Crippen LogP contribution in [0.15, 0.2) is 17.5 Å². The molecule has 0 aromatic carbocycles. The number of hydrogen-bond acceptors (Lipinski definition) is 4. The van der Waals surface area contributed by atoms with E-state index in [-0.39, 0.29) is 6.09 Å². The molecule has 5 heteroatoms. The first-order chi connectivity index (χ1) is 7.65. The number of aliphatic hydroxyl groups excluding tert-OH is 1. The molecule has 0 spiro atoms. The molecule has 0 bridgehead atoms. The van der Waals surface area contributed by atoms with Gasteiger partial charge in [0.25, 0.3) is 0 Å². The van der Waals surface area contributed by atoms with Gasteiger partial charge in [0.2, 0.25) is 0 Å². The summed E-state index contributed by atoms with van der Waals surface area (Å²) in [5, 5.41) is 11.7. The number of amides is 1. The molecule has 1 aromatic rings. The van der Waals surface area contributed by atoms with Gasteiger partial charge in [-0.05, 0) is 24.8 Å². The van der Waals surface area contributed by atoms with Gasteiger partial charge in [0.15, 0.2) is 0 Å². The van der Waals surface area contributed by atoms with E-state index in [0.29, 0.717) is 19.6 Å². The first kappa shape index (κ1) is 13.0. The Morgan fingerprint density at radius 3 is 3.00 bits per heavy atom. The second-order valence-corrected chi connectivity index (χ2v) is 4.42. The van der Waals surface area contributed by atoms with Crippen molar-refractivity contribution >= 4 is 17.4 Å². The van der Waals surface area contributed by atoms with Crippen LogP contribution in [0.25, 0.3) is 0 Å². The van der Waals surface area contributed by atoms with Crippen molar-refractivity contribution in [2.45, 2.75) is 19.4 Å². The van der Waals surface area contributed by atoms with Crippen molar-refractivity contribution in [3.8, 4) is 0 Å². The molecule has 1 N–H and O–H groups in total. The highest BCUT2D eigenvalue weighted by molar-refractivity contribution is 7.10. The molecular formula is C11H17NO3S. The molecule has 0 radical (unpaired) electrons. The Labute approximate surface area is 99.5 Å². The van der Waals surface area contributed by atoms with Gasteiger partial charge in [-0.15, -0.1) is 11.3 Å². The second-order valence-electron chi connectivity index (χ2n) is 3.44. The molecule has 1 heterocycles. The molecule has 1 aromatic heterocycles. The van der Waals surface area contributed by atoms with Gasteiger partial charge in [-0.25, -0.2) is 4.79 Å². The Morgan fingerprint density at radius 1 is 1.69 bits per heavy atom. The normalized spacial score (nSPS) is 12.2. The van der Waals surface area contributed by atoms with Crippen LogP contribution in [0.2, 0.25) is 0 Å². The standard InChI is InChI=1S/C11H17NO3S/c1-3-15-11(14)12(2)7-6-9(13)10-5-4-8-16-10/h4-5,8-9,13H,3,6-7H2,1-2H3/t9-/m0/s1. The molecule has 0 fully saturated rings. The summed E-state index contributed by atoms with van der Waals surface area (Å²) in [6.45, 7) is 2.63. The smallest absolute Gasteiger partial charge is 0.409 e. The molecule has 0 saturated heterocycles. The number of carbonyl (C=O) groups is 1. The zero-order valence-electron chi connectivity index (χ0n) is 9.55. The molecule has 4 nitrogen and oxygen atoms in total. The van der Waals surface area contributed by atoms with Gasteiger partial charge in [0, 0.05) is 18.5 Å². The lowest BCUT2D eigenvalue weighted by atomic mass is 10.2. The van der Waals surface area contributed by atoms with Crippen molar-refractivity contribution in [3.63, 3.8) is 0 Å². The van der Waals surface area contributed by atoms with Crippen molar-refractivity contribution in [1.82, 2.24) is 4.90 Å². The minimum Gasteiger partial charge on any atom is -0.450 e. The van der Waals surface area contributed by atoms with Gasteiger partial charge in [0.05, 0.1) is 12.7 Å². The molecule has 0 aliphatic rings. The third-order valence-corrected chi connectivity index (χ3v) is 3.16. The first-order valence-electron chi connectivity index (χ1n) is 5.24. The number of hydrogen-bond donors (Lipinski definition) is 1. The molecule has 0 aliphatic heterocycles. The van der Waals surface area contributed by atoms with Gasteiger partial charge < -0.3 is 14.7 Å².